The number of alkyl halides is 3. The molecule has 2 fully saturated rings. The first kappa shape index (κ1) is 14.2. The van der Waals surface area contributed by atoms with Crippen molar-refractivity contribution in [3.8, 4) is 0 Å². The summed E-state index contributed by atoms with van der Waals surface area (Å²) in [5, 5.41) is 2.72. The molecule has 0 saturated carbocycles. The SMILES string of the molecule is O=C(NC1CN2CCC1C2)c1ccc(C(F)(F)F)c(F)n1. The van der Waals surface area contributed by atoms with Crippen LogP contribution in [0.1, 0.15) is 22.5 Å². The Morgan fingerprint density at radius 3 is 2.62 bits per heavy atom. The summed E-state index contributed by atoms with van der Waals surface area (Å²) in [4.78, 5) is 17.3. The molecule has 3 atom stereocenters. The minimum absolute atomic E-state index is 0.0431. The second-order valence-corrected chi connectivity index (χ2v) is 5.42. The maximum Gasteiger partial charge on any atom is 0.420 e. The molecule has 0 aromatic carbocycles. The Balaban J connectivity index is 1.72. The average molecular weight is 303 g/mol. The number of hydrogen-bond acceptors (Lipinski definition) is 3. The minimum Gasteiger partial charge on any atom is -0.346 e. The van der Waals surface area contributed by atoms with E-state index in [-0.39, 0.29) is 11.7 Å². The van der Waals surface area contributed by atoms with Gasteiger partial charge in [-0.15, -0.1) is 0 Å². The van der Waals surface area contributed by atoms with Crippen LogP contribution in [0.25, 0.3) is 0 Å². The molecule has 3 rings (SSSR count). The number of nitrogens with zero attached hydrogens (tertiary/aromatic N) is 2. The molecule has 21 heavy (non-hydrogen) atoms. The Morgan fingerprint density at radius 1 is 1.33 bits per heavy atom. The highest BCUT2D eigenvalue weighted by molar-refractivity contribution is 5.92. The molecule has 3 unspecified atom stereocenters. The summed E-state index contributed by atoms with van der Waals surface area (Å²) in [5.41, 5.74) is -1.80. The monoisotopic (exact) mass is 303 g/mol. The van der Waals surface area contributed by atoms with Crippen LogP contribution < -0.4 is 5.32 Å². The van der Waals surface area contributed by atoms with Crippen LogP contribution in [-0.2, 0) is 6.18 Å². The van der Waals surface area contributed by atoms with Gasteiger partial charge in [-0.1, -0.05) is 0 Å². The van der Waals surface area contributed by atoms with Gasteiger partial charge in [0.05, 0.1) is 0 Å². The van der Waals surface area contributed by atoms with Gasteiger partial charge in [-0.25, -0.2) is 4.98 Å². The number of piperidine rings is 1. The maximum atomic E-state index is 13.4. The molecule has 2 saturated heterocycles. The van der Waals surface area contributed by atoms with E-state index in [1.165, 1.54) is 0 Å². The zero-order valence-corrected chi connectivity index (χ0v) is 11.0. The van der Waals surface area contributed by atoms with Gasteiger partial charge >= 0.3 is 6.18 Å². The maximum absolute atomic E-state index is 13.4. The molecule has 0 spiro atoms. The van der Waals surface area contributed by atoms with Crippen LogP contribution >= 0.6 is 0 Å². The zero-order valence-electron chi connectivity index (χ0n) is 11.0. The van der Waals surface area contributed by atoms with Crippen LogP contribution in [0, 0.1) is 11.9 Å². The lowest BCUT2D eigenvalue weighted by Gasteiger charge is -2.23. The van der Waals surface area contributed by atoms with E-state index in [0.717, 1.165) is 32.1 Å². The van der Waals surface area contributed by atoms with Gasteiger partial charge in [0, 0.05) is 19.1 Å². The molecule has 2 aliphatic heterocycles. The van der Waals surface area contributed by atoms with E-state index < -0.39 is 23.6 Å². The van der Waals surface area contributed by atoms with Crippen molar-refractivity contribution in [2.45, 2.75) is 18.6 Å². The Hall–Kier alpha value is -1.70. The molecule has 0 aliphatic carbocycles. The predicted molar refractivity (Wildman–Crippen MR) is 65.0 cm³/mol. The highest BCUT2D eigenvalue weighted by Crippen LogP contribution is 2.31. The first-order valence-corrected chi connectivity index (χ1v) is 6.61. The van der Waals surface area contributed by atoms with Crippen molar-refractivity contribution in [1.29, 1.82) is 0 Å². The molecule has 2 aliphatic rings. The fourth-order valence-corrected chi connectivity index (χ4v) is 2.96. The van der Waals surface area contributed by atoms with E-state index in [9.17, 15) is 22.4 Å². The fraction of sp³-hybridized carbons (Fsp3) is 0.538. The Bertz CT molecular complexity index is 575. The van der Waals surface area contributed by atoms with Crippen LogP contribution in [0.5, 0.6) is 0 Å². The van der Waals surface area contributed by atoms with E-state index >= 15 is 0 Å². The van der Waals surface area contributed by atoms with Gasteiger partial charge in [-0.3, -0.25) is 4.79 Å². The molecule has 2 bridgehead atoms. The third-order valence-corrected chi connectivity index (χ3v) is 4.04. The first-order valence-electron chi connectivity index (χ1n) is 6.61. The number of pyridine rings is 1. The molecular weight excluding hydrogens is 290 g/mol. The summed E-state index contributed by atoms with van der Waals surface area (Å²) < 4.78 is 50.6. The number of carbonyl (C=O) groups is 1. The van der Waals surface area contributed by atoms with Crippen molar-refractivity contribution < 1.29 is 22.4 Å². The number of fused-ring (bicyclic) bond motifs is 2. The van der Waals surface area contributed by atoms with Crippen molar-refractivity contribution in [1.82, 2.24) is 15.2 Å². The smallest absolute Gasteiger partial charge is 0.346 e. The second kappa shape index (κ2) is 4.94. The molecular formula is C13H13F4N3O. The van der Waals surface area contributed by atoms with Crippen LogP contribution in [0.3, 0.4) is 0 Å². The third kappa shape index (κ3) is 2.72. The molecule has 1 aromatic rings. The van der Waals surface area contributed by atoms with Gasteiger partial charge in [0.25, 0.3) is 5.91 Å². The summed E-state index contributed by atoms with van der Waals surface area (Å²) in [6.45, 7) is 2.64. The molecule has 114 valence electrons. The van der Waals surface area contributed by atoms with Gasteiger partial charge < -0.3 is 10.2 Å². The van der Waals surface area contributed by atoms with Gasteiger partial charge in [0.1, 0.15) is 11.3 Å². The Kier molecular flexibility index (Phi) is 3.35. The summed E-state index contributed by atoms with van der Waals surface area (Å²) in [6, 6.07) is 1.40. The van der Waals surface area contributed by atoms with Crippen LogP contribution in [0.15, 0.2) is 12.1 Å². The lowest BCUT2D eigenvalue weighted by molar-refractivity contribution is -0.140. The molecule has 0 radical (unpaired) electrons. The van der Waals surface area contributed by atoms with Crippen molar-refractivity contribution in [3.63, 3.8) is 0 Å². The van der Waals surface area contributed by atoms with Crippen molar-refractivity contribution >= 4 is 5.91 Å². The molecule has 1 aromatic heterocycles. The topological polar surface area (TPSA) is 45.2 Å². The third-order valence-electron chi connectivity index (χ3n) is 4.04. The predicted octanol–water partition coefficient (Wildman–Crippen LogP) is 1.67. The van der Waals surface area contributed by atoms with Gasteiger partial charge in [-0.05, 0) is 31.0 Å². The van der Waals surface area contributed by atoms with E-state index in [4.69, 9.17) is 0 Å². The zero-order chi connectivity index (χ0) is 15.2. The van der Waals surface area contributed by atoms with E-state index in [1.807, 2.05) is 0 Å². The summed E-state index contributed by atoms with van der Waals surface area (Å²) in [7, 11) is 0. The van der Waals surface area contributed by atoms with Crippen molar-refractivity contribution in [3.05, 3.63) is 29.3 Å². The first-order chi connectivity index (χ1) is 9.84. The quantitative estimate of drug-likeness (QED) is 0.668. The number of carbonyl (C=O) groups excluding carboxylic acids is 1. The molecule has 1 amide bonds. The Morgan fingerprint density at radius 2 is 2.10 bits per heavy atom. The lowest BCUT2D eigenvalue weighted by Crippen LogP contribution is -2.43. The van der Waals surface area contributed by atoms with E-state index in [2.05, 4.69) is 15.2 Å². The number of aromatic nitrogens is 1. The van der Waals surface area contributed by atoms with Crippen LogP contribution in [0.4, 0.5) is 17.6 Å². The van der Waals surface area contributed by atoms with Crippen LogP contribution in [-0.4, -0.2) is 41.5 Å². The van der Waals surface area contributed by atoms with Gasteiger partial charge in [0.15, 0.2) is 0 Å². The molecule has 4 nitrogen and oxygen atoms in total. The van der Waals surface area contributed by atoms with Gasteiger partial charge in [0.2, 0.25) is 5.95 Å². The largest absolute Gasteiger partial charge is 0.420 e. The number of amides is 1. The number of hydrogen-bond donors (Lipinski definition) is 1. The normalized spacial score (nSPS) is 27.9. The van der Waals surface area contributed by atoms with Gasteiger partial charge in [-0.2, -0.15) is 17.6 Å². The summed E-state index contributed by atoms with van der Waals surface area (Å²) in [5.74, 6) is -1.96. The standard InChI is InChI=1S/C13H13F4N3O/c14-11-8(13(15,16)17)1-2-9(18-11)12(21)19-10-6-20-4-3-7(10)5-20/h1-2,7,10H,3-6H2,(H,19,21). The van der Waals surface area contributed by atoms with Crippen molar-refractivity contribution in [2.24, 2.45) is 5.92 Å². The number of halogens is 4. The highest BCUT2D eigenvalue weighted by Gasteiger charge is 2.39. The van der Waals surface area contributed by atoms with Crippen LogP contribution in [0.2, 0.25) is 0 Å². The highest BCUT2D eigenvalue weighted by atomic mass is 19.4. The Labute approximate surface area is 118 Å². The number of rotatable bonds is 2. The molecule has 3 heterocycles. The van der Waals surface area contributed by atoms with E-state index in [0.29, 0.717) is 12.0 Å². The minimum atomic E-state index is -4.82. The summed E-state index contributed by atoms with van der Waals surface area (Å²) in [6.07, 6.45) is -3.83. The molecule has 8 heteroatoms. The van der Waals surface area contributed by atoms with E-state index in [1.54, 1.807) is 0 Å². The number of nitrogens with one attached hydrogen (secondary N) is 1. The van der Waals surface area contributed by atoms with Crippen molar-refractivity contribution in [2.75, 3.05) is 19.6 Å². The fourth-order valence-electron chi connectivity index (χ4n) is 2.96. The lowest BCUT2D eigenvalue weighted by atomic mass is 10.00. The second-order valence-electron chi connectivity index (χ2n) is 5.42. The molecule has 1 N–H and O–H groups in total. The average Bonchev–Trinajstić information content (AvgIpc) is 2.99. The summed E-state index contributed by atoms with van der Waals surface area (Å²) >= 11 is 0.